The molecule has 0 saturated heterocycles. The summed E-state index contributed by atoms with van der Waals surface area (Å²) in [5.74, 6) is 2.49. The second-order valence-electron chi connectivity index (χ2n) is 5.74. The number of carbonyl (C=O) groups is 1. The van der Waals surface area contributed by atoms with Crippen LogP contribution in [0, 0.1) is 5.92 Å². The molecule has 1 aliphatic rings. The molecule has 112 valence electrons. The zero-order valence-corrected chi connectivity index (χ0v) is 12.4. The Labute approximate surface area is 120 Å². The molecule has 0 saturated carbocycles. The van der Waals surface area contributed by atoms with Gasteiger partial charge in [-0.2, -0.15) is 0 Å². The summed E-state index contributed by atoms with van der Waals surface area (Å²) in [5.41, 5.74) is 5.51. The van der Waals surface area contributed by atoms with Crippen LogP contribution in [0.4, 0.5) is 0 Å². The van der Waals surface area contributed by atoms with Gasteiger partial charge >= 0.3 is 0 Å². The van der Waals surface area contributed by atoms with Gasteiger partial charge in [0.1, 0.15) is 5.82 Å². The van der Waals surface area contributed by atoms with E-state index in [2.05, 4.69) is 27.0 Å². The zero-order chi connectivity index (χ0) is 14.5. The van der Waals surface area contributed by atoms with Gasteiger partial charge in [-0.15, -0.1) is 10.2 Å². The molecule has 2 unspecified atom stereocenters. The number of aryl methyl sites for hydroxylation is 1. The van der Waals surface area contributed by atoms with E-state index in [1.54, 1.807) is 0 Å². The fraction of sp³-hybridized carbons (Fsp3) is 0.786. The van der Waals surface area contributed by atoms with Crippen LogP contribution in [0.1, 0.15) is 57.2 Å². The van der Waals surface area contributed by atoms with Crippen molar-refractivity contribution < 1.29 is 4.79 Å². The number of carbonyl (C=O) groups excluding carboxylic acids is 1. The Kier molecular flexibility index (Phi) is 5.11. The van der Waals surface area contributed by atoms with Crippen molar-refractivity contribution >= 4 is 5.91 Å². The Bertz CT molecular complexity index is 456. The van der Waals surface area contributed by atoms with Crippen molar-refractivity contribution in [2.24, 2.45) is 11.7 Å². The van der Waals surface area contributed by atoms with Crippen molar-refractivity contribution in [2.75, 3.05) is 6.54 Å². The van der Waals surface area contributed by atoms with Crippen LogP contribution in [-0.4, -0.2) is 27.2 Å². The topological polar surface area (TPSA) is 85.8 Å². The Hall–Kier alpha value is -1.43. The highest BCUT2D eigenvalue weighted by Crippen LogP contribution is 2.19. The lowest BCUT2D eigenvalue weighted by Crippen LogP contribution is -2.28. The maximum atomic E-state index is 12.0. The third kappa shape index (κ3) is 3.56. The highest BCUT2D eigenvalue weighted by atomic mass is 16.1. The van der Waals surface area contributed by atoms with Crippen molar-refractivity contribution in [3.8, 4) is 0 Å². The van der Waals surface area contributed by atoms with Crippen molar-refractivity contribution in [2.45, 2.75) is 58.5 Å². The quantitative estimate of drug-likeness (QED) is 0.784. The van der Waals surface area contributed by atoms with Gasteiger partial charge in [0.15, 0.2) is 5.82 Å². The molecule has 1 amide bonds. The summed E-state index contributed by atoms with van der Waals surface area (Å²) in [6.45, 7) is 5.75. The number of aromatic nitrogens is 3. The average molecular weight is 279 g/mol. The summed E-state index contributed by atoms with van der Waals surface area (Å²) >= 11 is 0. The minimum Gasteiger partial charge on any atom is -0.346 e. The van der Waals surface area contributed by atoms with E-state index in [1.165, 1.54) is 0 Å². The van der Waals surface area contributed by atoms with E-state index in [4.69, 9.17) is 5.73 Å². The second-order valence-corrected chi connectivity index (χ2v) is 5.74. The van der Waals surface area contributed by atoms with Crippen molar-refractivity contribution in [1.82, 2.24) is 20.1 Å². The minimum absolute atomic E-state index is 0.0772. The molecule has 2 heterocycles. The molecule has 2 rings (SSSR count). The molecule has 2 atom stereocenters. The Morgan fingerprint density at radius 2 is 2.20 bits per heavy atom. The van der Waals surface area contributed by atoms with Crippen LogP contribution in [0.15, 0.2) is 0 Å². The van der Waals surface area contributed by atoms with Crippen LogP contribution in [0.2, 0.25) is 0 Å². The molecule has 20 heavy (non-hydrogen) atoms. The fourth-order valence-corrected chi connectivity index (χ4v) is 2.68. The number of hydrogen-bond acceptors (Lipinski definition) is 4. The summed E-state index contributed by atoms with van der Waals surface area (Å²) in [6.07, 6.45) is 4.51. The summed E-state index contributed by atoms with van der Waals surface area (Å²) in [5, 5.41) is 11.4. The van der Waals surface area contributed by atoms with Crippen LogP contribution >= 0.6 is 0 Å². The summed E-state index contributed by atoms with van der Waals surface area (Å²) in [4.78, 5) is 12.0. The van der Waals surface area contributed by atoms with E-state index in [9.17, 15) is 4.79 Å². The smallest absolute Gasteiger partial charge is 0.220 e. The van der Waals surface area contributed by atoms with E-state index in [1.807, 2.05) is 6.92 Å². The summed E-state index contributed by atoms with van der Waals surface area (Å²) in [7, 11) is 0. The molecule has 0 bridgehead atoms. The van der Waals surface area contributed by atoms with Crippen LogP contribution in [0.25, 0.3) is 0 Å². The van der Waals surface area contributed by atoms with Gasteiger partial charge in [-0.3, -0.25) is 4.79 Å². The first-order chi connectivity index (χ1) is 9.61. The molecular weight excluding hydrogens is 254 g/mol. The normalized spacial score (nSPS) is 16.8. The fourth-order valence-electron chi connectivity index (χ4n) is 2.68. The molecule has 1 aliphatic heterocycles. The molecule has 0 radical (unpaired) electrons. The van der Waals surface area contributed by atoms with Gasteiger partial charge in [0.25, 0.3) is 0 Å². The van der Waals surface area contributed by atoms with E-state index >= 15 is 0 Å². The molecule has 3 N–H and O–H groups in total. The molecule has 1 aromatic rings. The molecule has 0 aromatic carbocycles. The van der Waals surface area contributed by atoms with Gasteiger partial charge in [-0.1, -0.05) is 6.92 Å². The van der Waals surface area contributed by atoms with E-state index in [0.717, 1.165) is 43.9 Å². The Morgan fingerprint density at radius 3 is 2.95 bits per heavy atom. The van der Waals surface area contributed by atoms with Gasteiger partial charge in [0.2, 0.25) is 5.91 Å². The first kappa shape index (κ1) is 15.0. The van der Waals surface area contributed by atoms with Gasteiger partial charge in [0, 0.05) is 19.4 Å². The molecular formula is C14H25N5O. The van der Waals surface area contributed by atoms with Crippen molar-refractivity contribution in [3.63, 3.8) is 0 Å². The number of amides is 1. The van der Waals surface area contributed by atoms with E-state index in [0.29, 0.717) is 18.9 Å². The lowest BCUT2D eigenvalue weighted by Gasteiger charge is -2.15. The predicted molar refractivity (Wildman–Crippen MR) is 77.0 cm³/mol. The highest BCUT2D eigenvalue weighted by Gasteiger charge is 2.22. The molecule has 6 nitrogen and oxygen atoms in total. The van der Waals surface area contributed by atoms with Crippen molar-refractivity contribution in [1.29, 1.82) is 0 Å². The number of nitrogens with zero attached hydrogens (tertiary/aromatic N) is 3. The number of nitrogens with one attached hydrogen (secondary N) is 1. The Morgan fingerprint density at radius 1 is 1.40 bits per heavy atom. The maximum Gasteiger partial charge on any atom is 0.220 e. The third-order valence-electron chi connectivity index (χ3n) is 3.93. The first-order valence-corrected chi connectivity index (χ1v) is 7.53. The molecule has 1 aromatic heterocycles. The van der Waals surface area contributed by atoms with Crippen LogP contribution in [0.5, 0.6) is 0 Å². The number of fused-ring (bicyclic) bond motifs is 1. The average Bonchev–Trinajstić information content (AvgIpc) is 2.98. The van der Waals surface area contributed by atoms with E-state index in [-0.39, 0.29) is 11.9 Å². The monoisotopic (exact) mass is 279 g/mol. The van der Waals surface area contributed by atoms with Crippen LogP contribution < -0.4 is 11.1 Å². The van der Waals surface area contributed by atoms with Crippen molar-refractivity contribution in [3.05, 3.63) is 11.6 Å². The minimum atomic E-state index is -0.0772. The first-order valence-electron chi connectivity index (χ1n) is 7.53. The Balaban J connectivity index is 1.82. The highest BCUT2D eigenvalue weighted by molar-refractivity contribution is 5.76. The lowest BCUT2D eigenvalue weighted by atomic mass is 10.0. The number of nitrogens with two attached hydrogens (primary N) is 1. The van der Waals surface area contributed by atoms with Gasteiger partial charge in [-0.05, 0) is 38.6 Å². The molecule has 0 fully saturated rings. The van der Waals surface area contributed by atoms with Gasteiger partial charge in [-0.25, -0.2) is 0 Å². The largest absolute Gasteiger partial charge is 0.346 e. The number of rotatable bonds is 7. The predicted octanol–water partition coefficient (Wildman–Crippen LogP) is 1.17. The lowest BCUT2D eigenvalue weighted by molar-refractivity contribution is -0.122. The standard InChI is InChI=1S/C14H25N5O/c1-10(7-8-15)5-6-13(20)16-11(2)14-18-17-12-4-3-9-19(12)14/h10-11H,3-9,15H2,1-2H3,(H,16,20). The van der Waals surface area contributed by atoms with Gasteiger partial charge in [0.05, 0.1) is 6.04 Å². The molecule has 0 aliphatic carbocycles. The van der Waals surface area contributed by atoms with E-state index < -0.39 is 0 Å². The van der Waals surface area contributed by atoms with Gasteiger partial charge < -0.3 is 15.6 Å². The third-order valence-corrected chi connectivity index (χ3v) is 3.93. The second kappa shape index (κ2) is 6.83. The molecule has 0 spiro atoms. The summed E-state index contributed by atoms with van der Waals surface area (Å²) in [6, 6.07) is -0.0772. The maximum absolute atomic E-state index is 12.0. The molecule has 6 heteroatoms. The zero-order valence-electron chi connectivity index (χ0n) is 12.4. The van der Waals surface area contributed by atoms with Crippen LogP contribution in [-0.2, 0) is 17.8 Å². The number of hydrogen-bond donors (Lipinski definition) is 2. The van der Waals surface area contributed by atoms with Crippen LogP contribution in [0.3, 0.4) is 0 Å². The summed E-state index contributed by atoms with van der Waals surface area (Å²) < 4.78 is 2.13. The SMILES string of the molecule is CC(CCN)CCC(=O)NC(C)c1nnc2n1CCC2.